The highest BCUT2D eigenvalue weighted by molar-refractivity contribution is 8.00. The van der Waals surface area contributed by atoms with Crippen LogP contribution in [-0.2, 0) is 4.79 Å². The standard InChI is InChI=1S/C24H34N2O2S/c1-16(2)26-22(27)15-29-21-6-4-3-5-20(21)23(28)25-8-7-24-12-17-9-18(13-24)11-19(10-17)14-24/h3-6,16-19H,7-15H2,1-2H3,(H,25,28)(H,26,27). The summed E-state index contributed by atoms with van der Waals surface area (Å²) < 4.78 is 0. The molecular weight excluding hydrogens is 380 g/mol. The molecule has 4 aliphatic rings. The molecule has 0 saturated heterocycles. The van der Waals surface area contributed by atoms with Crippen molar-refractivity contribution in [1.82, 2.24) is 10.6 Å². The first kappa shape index (κ1) is 20.8. The fraction of sp³-hybridized carbons (Fsp3) is 0.667. The van der Waals surface area contributed by atoms with Crippen molar-refractivity contribution in [3.8, 4) is 0 Å². The van der Waals surface area contributed by atoms with Crippen LogP contribution in [0.25, 0.3) is 0 Å². The van der Waals surface area contributed by atoms with Gasteiger partial charge in [-0.05, 0) is 94.1 Å². The van der Waals surface area contributed by atoms with E-state index in [0.29, 0.717) is 16.7 Å². The lowest BCUT2D eigenvalue weighted by Gasteiger charge is -2.57. The van der Waals surface area contributed by atoms with E-state index in [1.807, 2.05) is 38.1 Å². The Bertz CT molecular complexity index is 726. The Morgan fingerprint density at radius 1 is 1.07 bits per heavy atom. The Morgan fingerprint density at radius 2 is 1.69 bits per heavy atom. The van der Waals surface area contributed by atoms with Crippen LogP contribution in [0.5, 0.6) is 0 Å². The normalized spacial score (nSPS) is 29.8. The van der Waals surface area contributed by atoms with Crippen LogP contribution in [0, 0.1) is 23.2 Å². The molecule has 0 heterocycles. The van der Waals surface area contributed by atoms with Gasteiger partial charge in [-0.1, -0.05) is 12.1 Å². The summed E-state index contributed by atoms with van der Waals surface area (Å²) in [5.41, 5.74) is 1.17. The minimum atomic E-state index is -0.0119. The zero-order valence-electron chi connectivity index (χ0n) is 17.7. The third-order valence-electron chi connectivity index (χ3n) is 7.05. The Kier molecular flexibility index (Phi) is 6.24. The van der Waals surface area contributed by atoms with Gasteiger partial charge in [-0.15, -0.1) is 11.8 Å². The number of carbonyl (C=O) groups excluding carboxylic acids is 2. The van der Waals surface area contributed by atoms with Crippen molar-refractivity contribution in [3.05, 3.63) is 29.8 Å². The van der Waals surface area contributed by atoms with Gasteiger partial charge in [0.2, 0.25) is 5.91 Å². The first-order chi connectivity index (χ1) is 13.9. The summed E-state index contributed by atoms with van der Waals surface area (Å²) in [6.45, 7) is 4.67. The van der Waals surface area contributed by atoms with Crippen LogP contribution in [0.2, 0.25) is 0 Å². The van der Waals surface area contributed by atoms with Crippen LogP contribution in [-0.4, -0.2) is 30.2 Å². The van der Waals surface area contributed by atoms with Gasteiger partial charge in [0.25, 0.3) is 5.91 Å². The lowest BCUT2D eigenvalue weighted by molar-refractivity contribution is -0.119. The van der Waals surface area contributed by atoms with Crippen LogP contribution >= 0.6 is 11.8 Å². The van der Waals surface area contributed by atoms with Crippen LogP contribution in [0.15, 0.2) is 29.2 Å². The summed E-state index contributed by atoms with van der Waals surface area (Å²) in [5, 5.41) is 6.08. The van der Waals surface area contributed by atoms with E-state index in [1.165, 1.54) is 50.3 Å². The van der Waals surface area contributed by atoms with Gasteiger partial charge in [0.1, 0.15) is 0 Å². The van der Waals surface area contributed by atoms with Gasteiger partial charge in [0.15, 0.2) is 0 Å². The molecule has 4 bridgehead atoms. The lowest BCUT2D eigenvalue weighted by atomic mass is 9.49. The molecule has 0 spiro atoms. The maximum Gasteiger partial charge on any atom is 0.252 e. The van der Waals surface area contributed by atoms with Crippen molar-refractivity contribution in [2.24, 2.45) is 23.2 Å². The second-order valence-electron chi connectivity index (χ2n) is 9.93. The zero-order chi connectivity index (χ0) is 20.4. The van der Waals surface area contributed by atoms with Crippen molar-refractivity contribution in [1.29, 1.82) is 0 Å². The molecule has 0 aromatic heterocycles. The molecule has 1 aromatic carbocycles. The Labute approximate surface area is 179 Å². The minimum absolute atomic E-state index is 0.00188. The summed E-state index contributed by atoms with van der Waals surface area (Å²) >= 11 is 1.43. The highest BCUT2D eigenvalue weighted by Gasteiger charge is 2.50. The van der Waals surface area contributed by atoms with Gasteiger partial charge in [-0.3, -0.25) is 9.59 Å². The number of carbonyl (C=O) groups is 2. The van der Waals surface area contributed by atoms with E-state index in [1.54, 1.807) is 0 Å². The van der Waals surface area contributed by atoms with Gasteiger partial charge < -0.3 is 10.6 Å². The molecule has 4 saturated carbocycles. The second-order valence-corrected chi connectivity index (χ2v) is 10.9. The quantitative estimate of drug-likeness (QED) is 0.609. The lowest BCUT2D eigenvalue weighted by Crippen LogP contribution is -2.47. The maximum atomic E-state index is 12.8. The Hall–Kier alpha value is -1.49. The molecule has 4 aliphatic carbocycles. The molecule has 4 fully saturated rings. The zero-order valence-corrected chi connectivity index (χ0v) is 18.5. The summed E-state index contributed by atoms with van der Waals surface area (Å²) in [5.74, 6) is 3.17. The van der Waals surface area contributed by atoms with Crippen LogP contribution < -0.4 is 10.6 Å². The smallest absolute Gasteiger partial charge is 0.252 e. The SMILES string of the molecule is CC(C)NC(=O)CSc1ccccc1C(=O)NCCC12CC3CC(CC(C3)C1)C2. The molecule has 5 rings (SSSR count). The topological polar surface area (TPSA) is 58.2 Å². The molecule has 158 valence electrons. The summed E-state index contributed by atoms with van der Waals surface area (Å²) in [6.07, 6.45) is 9.64. The summed E-state index contributed by atoms with van der Waals surface area (Å²) in [7, 11) is 0. The Morgan fingerprint density at radius 3 is 2.31 bits per heavy atom. The molecular formula is C24H34N2O2S. The van der Waals surface area contributed by atoms with Crippen LogP contribution in [0.3, 0.4) is 0 Å². The molecule has 0 atom stereocenters. The summed E-state index contributed by atoms with van der Waals surface area (Å²) in [6, 6.07) is 7.75. The molecule has 4 nitrogen and oxygen atoms in total. The van der Waals surface area contributed by atoms with E-state index < -0.39 is 0 Å². The fourth-order valence-electron chi connectivity index (χ4n) is 6.42. The summed E-state index contributed by atoms with van der Waals surface area (Å²) in [4.78, 5) is 25.7. The van der Waals surface area contributed by atoms with E-state index in [-0.39, 0.29) is 17.9 Å². The predicted molar refractivity (Wildman–Crippen MR) is 118 cm³/mol. The van der Waals surface area contributed by atoms with Crippen LogP contribution in [0.4, 0.5) is 0 Å². The monoisotopic (exact) mass is 414 g/mol. The first-order valence-electron chi connectivity index (χ1n) is 11.2. The van der Waals surface area contributed by atoms with Crippen molar-refractivity contribution < 1.29 is 9.59 Å². The molecule has 5 heteroatoms. The molecule has 0 unspecified atom stereocenters. The fourth-order valence-corrected chi connectivity index (χ4v) is 7.28. The minimum Gasteiger partial charge on any atom is -0.353 e. The van der Waals surface area contributed by atoms with Crippen molar-refractivity contribution in [2.75, 3.05) is 12.3 Å². The van der Waals surface area contributed by atoms with Gasteiger partial charge in [-0.25, -0.2) is 0 Å². The van der Waals surface area contributed by atoms with Crippen molar-refractivity contribution >= 4 is 23.6 Å². The van der Waals surface area contributed by atoms with Gasteiger partial charge in [0, 0.05) is 17.5 Å². The van der Waals surface area contributed by atoms with Crippen LogP contribution in [0.1, 0.15) is 69.2 Å². The van der Waals surface area contributed by atoms with Gasteiger partial charge in [-0.2, -0.15) is 0 Å². The largest absolute Gasteiger partial charge is 0.353 e. The molecule has 0 radical (unpaired) electrons. The molecule has 0 aliphatic heterocycles. The average molecular weight is 415 g/mol. The molecule has 1 aromatic rings. The number of benzene rings is 1. The molecule has 29 heavy (non-hydrogen) atoms. The Balaban J connectivity index is 1.30. The maximum absolute atomic E-state index is 12.8. The highest BCUT2D eigenvalue weighted by Crippen LogP contribution is 2.61. The van der Waals surface area contributed by atoms with E-state index >= 15 is 0 Å². The molecule has 2 amide bonds. The average Bonchev–Trinajstić information content (AvgIpc) is 2.65. The van der Waals surface area contributed by atoms with E-state index in [0.717, 1.165) is 35.6 Å². The van der Waals surface area contributed by atoms with Gasteiger partial charge in [0.05, 0.1) is 11.3 Å². The number of rotatable bonds is 8. The third kappa shape index (κ3) is 4.99. The van der Waals surface area contributed by atoms with Gasteiger partial charge >= 0.3 is 0 Å². The van der Waals surface area contributed by atoms with E-state index in [4.69, 9.17) is 0 Å². The third-order valence-corrected chi connectivity index (χ3v) is 8.12. The highest BCUT2D eigenvalue weighted by atomic mass is 32.2. The molecule has 2 N–H and O–H groups in total. The first-order valence-corrected chi connectivity index (χ1v) is 12.2. The number of hydrogen-bond acceptors (Lipinski definition) is 3. The number of thioether (sulfide) groups is 1. The predicted octanol–water partition coefficient (Wildman–Crippen LogP) is 4.64. The number of amides is 2. The van der Waals surface area contributed by atoms with Crippen molar-refractivity contribution in [2.45, 2.75) is 69.7 Å². The number of nitrogens with one attached hydrogen (secondary N) is 2. The second kappa shape index (κ2) is 8.71. The van der Waals surface area contributed by atoms with E-state index in [2.05, 4.69) is 10.6 Å². The number of hydrogen-bond donors (Lipinski definition) is 2. The van der Waals surface area contributed by atoms with E-state index in [9.17, 15) is 9.59 Å². The van der Waals surface area contributed by atoms with Crippen molar-refractivity contribution in [3.63, 3.8) is 0 Å².